The summed E-state index contributed by atoms with van der Waals surface area (Å²) in [7, 11) is 0. The minimum Gasteiger partial charge on any atom is -0.341 e. The van der Waals surface area contributed by atoms with Gasteiger partial charge in [0.15, 0.2) is 5.65 Å². The fraction of sp³-hybridized carbons (Fsp3) is 0.370. The predicted molar refractivity (Wildman–Crippen MR) is 136 cm³/mol. The Morgan fingerprint density at radius 1 is 0.975 bits per heavy atom. The summed E-state index contributed by atoms with van der Waals surface area (Å²) in [6.45, 7) is 0.304. The number of aromatic nitrogens is 5. The molecule has 3 aromatic heterocycles. The number of rotatable bonds is 5. The molecule has 2 fully saturated rings. The van der Waals surface area contributed by atoms with Gasteiger partial charge in [0.1, 0.15) is 12.4 Å². The quantitative estimate of drug-likeness (QED) is 0.311. The summed E-state index contributed by atoms with van der Waals surface area (Å²) in [5.74, 6) is 0.358. The second-order valence-electron chi connectivity index (χ2n) is 10.1. The van der Waals surface area contributed by atoms with Crippen molar-refractivity contribution in [1.82, 2.24) is 24.7 Å². The predicted octanol–water partition coefficient (Wildman–Crippen LogP) is 5.27. The number of carbonyl (C=O) groups excluding carboxylic acids is 1. The lowest BCUT2D eigenvalue weighted by atomic mass is 9.75. The standard InChI is InChI=1S/C27H24F5N7O/c28-21(29)16-38-23-18(14-35-38)13-34-25(36-23)37-10-8-26(9-11-37)12-20(17-4-2-1-3-5-17)39(24(26)40)22-7-6-19(15-33-22)27(30,31)32/h1-7,13-15,20-21H,8-12,16H2. The summed E-state index contributed by atoms with van der Waals surface area (Å²) in [5.41, 5.74) is -0.443. The molecule has 1 spiro atoms. The van der Waals surface area contributed by atoms with Crippen molar-refractivity contribution in [2.75, 3.05) is 22.9 Å². The number of carbonyl (C=O) groups is 1. The molecule has 1 aromatic carbocycles. The summed E-state index contributed by atoms with van der Waals surface area (Å²) in [4.78, 5) is 30.4. The number of amides is 1. The van der Waals surface area contributed by atoms with Crippen molar-refractivity contribution < 1.29 is 26.7 Å². The van der Waals surface area contributed by atoms with Gasteiger partial charge in [-0.15, -0.1) is 0 Å². The van der Waals surface area contributed by atoms with Gasteiger partial charge in [0.05, 0.1) is 28.6 Å². The molecule has 5 heterocycles. The monoisotopic (exact) mass is 557 g/mol. The van der Waals surface area contributed by atoms with Gasteiger partial charge < -0.3 is 4.90 Å². The molecule has 0 N–H and O–H groups in total. The van der Waals surface area contributed by atoms with Crippen molar-refractivity contribution >= 4 is 28.7 Å². The first-order valence-electron chi connectivity index (χ1n) is 12.8. The van der Waals surface area contributed by atoms with Gasteiger partial charge in [-0.05, 0) is 37.0 Å². The maximum absolute atomic E-state index is 14.0. The highest BCUT2D eigenvalue weighted by Crippen LogP contribution is 2.51. The number of benzene rings is 1. The average Bonchev–Trinajstić information content (AvgIpc) is 3.47. The van der Waals surface area contributed by atoms with Gasteiger partial charge in [0, 0.05) is 25.5 Å². The first-order valence-corrected chi connectivity index (χ1v) is 12.8. The molecule has 1 amide bonds. The topological polar surface area (TPSA) is 80.0 Å². The van der Waals surface area contributed by atoms with E-state index in [9.17, 15) is 26.7 Å². The smallest absolute Gasteiger partial charge is 0.341 e. The van der Waals surface area contributed by atoms with Gasteiger partial charge in [0.25, 0.3) is 6.43 Å². The SMILES string of the molecule is O=C1N(c2ccc(C(F)(F)F)cn2)C(c2ccccc2)CC12CCN(c1ncc3cnn(CC(F)F)c3n1)CC2. The molecule has 13 heteroatoms. The molecule has 208 valence electrons. The van der Waals surface area contributed by atoms with Crippen LogP contribution < -0.4 is 9.80 Å². The molecule has 6 rings (SSSR count). The third kappa shape index (κ3) is 4.62. The van der Waals surface area contributed by atoms with Gasteiger partial charge in [-0.2, -0.15) is 23.3 Å². The van der Waals surface area contributed by atoms with Crippen molar-refractivity contribution in [3.05, 3.63) is 72.2 Å². The Morgan fingerprint density at radius 2 is 1.73 bits per heavy atom. The fourth-order valence-electron chi connectivity index (χ4n) is 5.67. The van der Waals surface area contributed by atoms with Gasteiger partial charge in [-0.3, -0.25) is 9.69 Å². The van der Waals surface area contributed by atoms with Gasteiger partial charge in [-0.25, -0.2) is 23.4 Å². The van der Waals surface area contributed by atoms with Crippen LogP contribution in [0, 0.1) is 5.41 Å². The van der Waals surface area contributed by atoms with Crippen molar-refractivity contribution in [3.8, 4) is 0 Å². The summed E-state index contributed by atoms with van der Waals surface area (Å²) in [5, 5.41) is 4.53. The van der Waals surface area contributed by atoms with E-state index in [0.29, 0.717) is 49.3 Å². The van der Waals surface area contributed by atoms with E-state index in [2.05, 4.69) is 20.1 Å². The minimum atomic E-state index is -4.53. The summed E-state index contributed by atoms with van der Waals surface area (Å²) < 4.78 is 66.5. The van der Waals surface area contributed by atoms with Crippen LogP contribution in [0.1, 0.15) is 36.4 Å². The lowest BCUT2D eigenvalue weighted by Gasteiger charge is -2.37. The molecule has 40 heavy (non-hydrogen) atoms. The zero-order valence-electron chi connectivity index (χ0n) is 21.1. The fourth-order valence-corrected chi connectivity index (χ4v) is 5.67. The zero-order valence-corrected chi connectivity index (χ0v) is 21.1. The molecule has 4 aromatic rings. The highest BCUT2D eigenvalue weighted by molar-refractivity contribution is 6.00. The Kier molecular flexibility index (Phi) is 6.38. The first-order chi connectivity index (χ1) is 19.1. The molecule has 0 radical (unpaired) electrons. The number of nitrogens with zero attached hydrogens (tertiary/aromatic N) is 7. The van der Waals surface area contributed by atoms with Crippen LogP contribution >= 0.6 is 0 Å². The van der Waals surface area contributed by atoms with Crippen LogP contribution in [0.15, 0.2) is 61.1 Å². The number of fused-ring (bicyclic) bond motifs is 1. The van der Waals surface area contributed by atoms with Gasteiger partial charge >= 0.3 is 6.18 Å². The third-order valence-corrected chi connectivity index (χ3v) is 7.75. The van der Waals surface area contributed by atoms with Crippen molar-refractivity contribution in [1.29, 1.82) is 0 Å². The zero-order chi connectivity index (χ0) is 28.1. The lowest BCUT2D eigenvalue weighted by Crippen LogP contribution is -2.45. The van der Waals surface area contributed by atoms with E-state index in [1.54, 1.807) is 6.20 Å². The number of anilines is 2. The van der Waals surface area contributed by atoms with Crippen LogP contribution in [0.2, 0.25) is 0 Å². The van der Waals surface area contributed by atoms with E-state index < -0.39 is 30.1 Å². The van der Waals surface area contributed by atoms with E-state index in [1.807, 2.05) is 35.2 Å². The van der Waals surface area contributed by atoms with E-state index >= 15 is 0 Å². The third-order valence-electron chi connectivity index (χ3n) is 7.75. The lowest BCUT2D eigenvalue weighted by molar-refractivity contribution is -0.137. The second-order valence-corrected chi connectivity index (χ2v) is 10.1. The molecule has 0 saturated carbocycles. The van der Waals surface area contributed by atoms with E-state index in [4.69, 9.17) is 0 Å². The van der Waals surface area contributed by atoms with Crippen LogP contribution in [-0.2, 0) is 17.5 Å². The van der Waals surface area contributed by atoms with Crippen LogP contribution in [0.4, 0.5) is 33.7 Å². The molecule has 0 aliphatic carbocycles. The average molecular weight is 558 g/mol. The number of alkyl halides is 5. The molecule has 2 saturated heterocycles. The summed E-state index contributed by atoms with van der Waals surface area (Å²) >= 11 is 0. The maximum Gasteiger partial charge on any atom is 0.417 e. The Hall–Kier alpha value is -4.16. The van der Waals surface area contributed by atoms with Crippen LogP contribution in [0.25, 0.3) is 11.0 Å². The van der Waals surface area contributed by atoms with E-state index in [0.717, 1.165) is 22.5 Å². The largest absolute Gasteiger partial charge is 0.417 e. The number of pyridine rings is 1. The summed E-state index contributed by atoms with van der Waals surface area (Å²) in [6.07, 6.45) is -1.97. The van der Waals surface area contributed by atoms with Gasteiger partial charge in [0.2, 0.25) is 11.9 Å². The second kappa shape index (κ2) is 9.79. The highest BCUT2D eigenvalue weighted by atomic mass is 19.4. The van der Waals surface area contributed by atoms with Crippen molar-refractivity contribution in [2.24, 2.45) is 5.41 Å². The van der Waals surface area contributed by atoms with Gasteiger partial charge in [-0.1, -0.05) is 30.3 Å². The highest BCUT2D eigenvalue weighted by Gasteiger charge is 2.54. The molecule has 2 aliphatic rings. The number of hydrogen-bond acceptors (Lipinski definition) is 6. The number of hydrogen-bond donors (Lipinski definition) is 0. The number of piperidine rings is 1. The molecule has 0 bridgehead atoms. The Bertz CT molecular complexity index is 1520. The number of halogens is 5. The molecular formula is C27H24F5N7O. The summed E-state index contributed by atoms with van der Waals surface area (Å²) in [6, 6.07) is 11.2. The Morgan fingerprint density at radius 3 is 2.38 bits per heavy atom. The minimum absolute atomic E-state index is 0.173. The normalized spacial score (nSPS) is 19.4. The Labute approximate surface area is 225 Å². The molecule has 2 aliphatic heterocycles. The van der Waals surface area contributed by atoms with Crippen molar-refractivity contribution in [3.63, 3.8) is 0 Å². The first kappa shape index (κ1) is 26.1. The molecule has 8 nitrogen and oxygen atoms in total. The van der Waals surface area contributed by atoms with E-state index in [-0.39, 0.29) is 17.8 Å². The maximum atomic E-state index is 14.0. The van der Waals surface area contributed by atoms with Crippen molar-refractivity contribution in [2.45, 2.75) is 44.5 Å². The molecular weight excluding hydrogens is 533 g/mol. The Balaban J connectivity index is 1.27. The van der Waals surface area contributed by atoms with Crippen LogP contribution in [-0.4, -0.2) is 50.2 Å². The molecule has 1 unspecified atom stereocenters. The van der Waals surface area contributed by atoms with Crippen LogP contribution in [0.3, 0.4) is 0 Å². The molecule has 1 atom stereocenters. The van der Waals surface area contributed by atoms with Crippen LogP contribution in [0.5, 0.6) is 0 Å². The van der Waals surface area contributed by atoms with E-state index in [1.165, 1.54) is 17.2 Å².